The first-order chi connectivity index (χ1) is 10.5. The summed E-state index contributed by atoms with van der Waals surface area (Å²) in [6, 6.07) is 17.5. The van der Waals surface area contributed by atoms with E-state index in [2.05, 4.69) is 5.32 Å². The molecule has 0 unspecified atom stereocenters. The Morgan fingerprint density at radius 1 is 0.955 bits per heavy atom. The van der Waals surface area contributed by atoms with E-state index in [4.69, 9.17) is 0 Å². The van der Waals surface area contributed by atoms with E-state index in [9.17, 15) is 9.59 Å². The van der Waals surface area contributed by atoms with Gasteiger partial charge in [0.1, 0.15) is 5.41 Å². The monoisotopic (exact) mass is 292 g/mol. The van der Waals surface area contributed by atoms with E-state index in [-0.39, 0.29) is 5.78 Å². The molecule has 4 rings (SSSR count). The van der Waals surface area contributed by atoms with Crippen molar-refractivity contribution in [2.75, 3.05) is 11.9 Å². The van der Waals surface area contributed by atoms with Crippen molar-refractivity contribution >= 4 is 17.4 Å². The summed E-state index contributed by atoms with van der Waals surface area (Å²) in [6.45, 7) is 1.86. The Kier molecular flexibility index (Phi) is 2.36. The summed E-state index contributed by atoms with van der Waals surface area (Å²) in [5, 5.41) is 2.97. The second kappa shape index (κ2) is 3.97. The van der Waals surface area contributed by atoms with E-state index in [1.165, 1.54) is 0 Å². The molecule has 2 atom stereocenters. The first-order valence-corrected chi connectivity index (χ1v) is 7.29. The van der Waals surface area contributed by atoms with E-state index in [1.54, 1.807) is 0 Å². The lowest BCUT2D eigenvalue weighted by atomic mass is 9.71. The number of anilines is 1. The van der Waals surface area contributed by atoms with Crippen LogP contribution in [-0.4, -0.2) is 18.7 Å². The molecule has 110 valence electrons. The molecule has 4 nitrogen and oxygen atoms in total. The van der Waals surface area contributed by atoms with Gasteiger partial charge in [0, 0.05) is 12.7 Å². The van der Waals surface area contributed by atoms with Crippen LogP contribution in [0, 0.1) is 0 Å². The number of Topliss-reactive ketones (excluding diaryl/α,β-unsaturated/α-hetero) is 1. The topological polar surface area (TPSA) is 49.4 Å². The molecule has 22 heavy (non-hydrogen) atoms. The number of benzene rings is 2. The van der Waals surface area contributed by atoms with Gasteiger partial charge < -0.3 is 10.2 Å². The molecular weight excluding hydrogens is 276 g/mol. The van der Waals surface area contributed by atoms with Crippen LogP contribution in [0.5, 0.6) is 0 Å². The summed E-state index contributed by atoms with van der Waals surface area (Å²) >= 11 is 0. The van der Waals surface area contributed by atoms with Crippen LogP contribution in [0.25, 0.3) is 0 Å². The number of nitrogens with one attached hydrogen (secondary N) is 1. The fraction of sp³-hybridized carbons (Fsp3) is 0.222. The highest BCUT2D eigenvalue weighted by Gasteiger charge is 2.69. The van der Waals surface area contributed by atoms with Gasteiger partial charge in [0.15, 0.2) is 5.66 Å². The lowest BCUT2D eigenvalue weighted by Crippen LogP contribution is -2.58. The minimum Gasteiger partial charge on any atom is -0.347 e. The molecule has 2 aromatic carbocycles. The number of carbonyl (C=O) groups excluding carboxylic acids is 2. The summed E-state index contributed by atoms with van der Waals surface area (Å²) in [6.07, 6.45) is 0. The third-order valence-corrected chi connectivity index (χ3v) is 5.18. The van der Waals surface area contributed by atoms with Gasteiger partial charge in [-0.15, -0.1) is 0 Å². The number of hydrogen-bond acceptors (Lipinski definition) is 3. The van der Waals surface area contributed by atoms with Gasteiger partial charge >= 0.3 is 0 Å². The summed E-state index contributed by atoms with van der Waals surface area (Å²) in [7, 11) is 1.93. The smallest absolute Gasteiger partial charge is 0.290 e. The van der Waals surface area contributed by atoms with E-state index in [0.717, 1.165) is 16.8 Å². The molecule has 0 bridgehead atoms. The maximum Gasteiger partial charge on any atom is 0.290 e. The molecule has 0 spiro atoms. The van der Waals surface area contributed by atoms with Crippen molar-refractivity contribution in [3.8, 4) is 0 Å². The highest BCUT2D eigenvalue weighted by molar-refractivity contribution is 6.43. The van der Waals surface area contributed by atoms with Crippen LogP contribution in [-0.2, 0) is 20.7 Å². The molecule has 0 saturated carbocycles. The zero-order valence-corrected chi connectivity index (χ0v) is 12.5. The highest BCUT2D eigenvalue weighted by atomic mass is 16.2. The Morgan fingerprint density at radius 3 is 2.32 bits per heavy atom. The molecule has 0 aliphatic carbocycles. The Labute approximate surface area is 128 Å². The number of fused-ring (bicyclic) bond motifs is 3. The maximum atomic E-state index is 12.8. The lowest BCUT2D eigenvalue weighted by Gasteiger charge is -2.41. The molecule has 4 heteroatoms. The number of nitrogens with zero attached hydrogens (tertiary/aromatic N) is 1. The number of hydrogen-bond donors (Lipinski definition) is 1. The third-order valence-electron chi connectivity index (χ3n) is 5.18. The van der Waals surface area contributed by atoms with E-state index < -0.39 is 17.0 Å². The lowest BCUT2D eigenvalue weighted by molar-refractivity contribution is -0.137. The average molecular weight is 292 g/mol. The molecule has 2 aliphatic rings. The number of ketones is 1. The Balaban J connectivity index is 2.09. The van der Waals surface area contributed by atoms with Crippen molar-refractivity contribution in [2.24, 2.45) is 0 Å². The standard InChI is InChI=1S/C18H16N2O2/c1-17-13-10-6-7-11-14(13)20(2)18(17,19-16(22)15(17)21)12-8-4-3-5-9-12/h3-11H,1-2H3,(H,19,22)/t17-,18+/m1/s1. The summed E-state index contributed by atoms with van der Waals surface area (Å²) in [4.78, 5) is 27.0. The van der Waals surface area contributed by atoms with Gasteiger partial charge in [-0.2, -0.15) is 0 Å². The molecule has 1 fully saturated rings. The second-order valence-corrected chi connectivity index (χ2v) is 6.06. The van der Waals surface area contributed by atoms with Gasteiger partial charge in [0.25, 0.3) is 5.91 Å². The fourth-order valence-corrected chi connectivity index (χ4v) is 4.08. The van der Waals surface area contributed by atoms with Crippen molar-refractivity contribution in [3.05, 3.63) is 65.7 Å². The minimum atomic E-state index is -0.934. The van der Waals surface area contributed by atoms with Gasteiger partial charge in [-0.1, -0.05) is 48.5 Å². The molecular formula is C18H16N2O2. The van der Waals surface area contributed by atoms with Gasteiger partial charge in [0.2, 0.25) is 5.78 Å². The Bertz CT molecular complexity index is 802. The number of amides is 1. The first kappa shape index (κ1) is 13.1. The summed E-state index contributed by atoms with van der Waals surface area (Å²) in [5.74, 6) is -0.902. The molecule has 2 heterocycles. The van der Waals surface area contributed by atoms with Gasteiger partial charge in [-0.05, 0) is 24.1 Å². The predicted octanol–water partition coefficient (Wildman–Crippen LogP) is 1.95. The quantitative estimate of drug-likeness (QED) is 0.817. The summed E-state index contributed by atoms with van der Waals surface area (Å²) in [5.41, 5.74) is 0.977. The number of likely N-dealkylation sites (N-methyl/N-ethyl adjacent to an activating group) is 1. The van der Waals surface area contributed by atoms with E-state index in [1.807, 2.05) is 73.5 Å². The fourth-order valence-electron chi connectivity index (χ4n) is 4.08. The van der Waals surface area contributed by atoms with Gasteiger partial charge in [-0.25, -0.2) is 0 Å². The van der Waals surface area contributed by atoms with E-state index in [0.29, 0.717) is 0 Å². The predicted molar refractivity (Wildman–Crippen MR) is 83.5 cm³/mol. The normalized spacial score (nSPS) is 29.3. The number of para-hydroxylation sites is 1. The highest BCUT2D eigenvalue weighted by Crippen LogP contribution is 2.57. The molecule has 1 N–H and O–H groups in total. The van der Waals surface area contributed by atoms with Crippen LogP contribution in [0.1, 0.15) is 18.1 Å². The molecule has 1 amide bonds. The molecule has 0 aromatic heterocycles. The Hall–Kier alpha value is -2.62. The maximum absolute atomic E-state index is 12.8. The van der Waals surface area contributed by atoms with Crippen LogP contribution in [0.2, 0.25) is 0 Å². The van der Waals surface area contributed by atoms with Crippen LogP contribution < -0.4 is 10.2 Å². The van der Waals surface area contributed by atoms with Crippen molar-refractivity contribution in [3.63, 3.8) is 0 Å². The third kappa shape index (κ3) is 1.20. The van der Waals surface area contributed by atoms with Crippen molar-refractivity contribution < 1.29 is 9.59 Å². The van der Waals surface area contributed by atoms with Crippen LogP contribution in [0.4, 0.5) is 5.69 Å². The summed E-state index contributed by atoms with van der Waals surface area (Å²) < 4.78 is 0. The van der Waals surface area contributed by atoms with E-state index >= 15 is 0 Å². The van der Waals surface area contributed by atoms with Crippen molar-refractivity contribution in [1.29, 1.82) is 0 Å². The van der Waals surface area contributed by atoms with Gasteiger partial charge in [-0.3, -0.25) is 9.59 Å². The Morgan fingerprint density at radius 2 is 1.59 bits per heavy atom. The van der Waals surface area contributed by atoms with Crippen molar-refractivity contribution in [1.82, 2.24) is 5.32 Å². The van der Waals surface area contributed by atoms with Crippen LogP contribution >= 0.6 is 0 Å². The largest absolute Gasteiger partial charge is 0.347 e. The molecule has 1 saturated heterocycles. The second-order valence-electron chi connectivity index (χ2n) is 6.06. The zero-order chi connectivity index (χ0) is 15.5. The SMILES string of the molecule is CN1c2ccccc2[C@]2(C)C(=O)C(=O)N[C@@]12c1ccccc1. The first-order valence-electron chi connectivity index (χ1n) is 7.29. The van der Waals surface area contributed by atoms with Gasteiger partial charge in [0.05, 0.1) is 0 Å². The number of rotatable bonds is 1. The minimum absolute atomic E-state index is 0.381. The molecule has 0 radical (unpaired) electrons. The molecule has 2 aliphatic heterocycles. The average Bonchev–Trinajstić information content (AvgIpc) is 2.89. The number of carbonyl (C=O) groups is 2. The molecule has 2 aromatic rings. The van der Waals surface area contributed by atoms with Crippen LogP contribution in [0.15, 0.2) is 54.6 Å². The van der Waals surface area contributed by atoms with Crippen LogP contribution in [0.3, 0.4) is 0 Å². The zero-order valence-electron chi connectivity index (χ0n) is 12.5. The van der Waals surface area contributed by atoms with Crippen molar-refractivity contribution in [2.45, 2.75) is 18.0 Å².